The molecule has 0 saturated heterocycles. The van der Waals surface area contributed by atoms with E-state index in [1.54, 1.807) is 34.9 Å². The molecular formula is C21H23NO5S. The molecule has 2 aromatic rings. The molecule has 1 aliphatic rings. The second-order valence-corrected chi connectivity index (χ2v) is 7.61. The Hall–Kier alpha value is -2.67. The van der Waals surface area contributed by atoms with Gasteiger partial charge in [0.15, 0.2) is 18.1 Å². The fourth-order valence-electron chi connectivity index (χ4n) is 2.86. The van der Waals surface area contributed by atoms with Crippen LogP contribution < -0.4 is 14.4 Å². The Kier molecular flexibility index (Phi) is 6.46. The van der Waals surface area contributed by atoms with Crippen LogP contribution in [0.1, 0.15) is 24.2 Å². The number of ether oxygens (including phenoxy) is 3. The van der Waals surface area contributed by atoms with Gasteiger partial charge in [0.1, 0.15) is 0 Å². The Balaban J connectivity index is 1.65. The summed E-state index contributed by atoms with van der Waals surface area (Å²) in [4.78, 5) is 27.7. The highest BCUT2D eigenvalue weighted by atomic mass is 32.2. The Morgan fingerprint density at radius 1 is 1.14 bits per heavy atom. The summed E-state index contributed by atoms with van der Waals surface area (Å²) in [5.74, 6) is 0.977. The number of thioether (sulfide) groups is 1. The number of esters is 1. The molecule has 0 saturated carbocycles. The first-order valence-corrected chi connectivity index (χ1v) is 10.0. The van der Waals surface area contributed by atoms with E-state index < -0.39 is 5.97 Å². The molecule has 7 heteroatoms. The van der Waals surface area contributed by atoms with Crippen LogP contribution in [0.3, 0.4) is 0 Å². The molecule has 0 fully saturated rings. The van der Waals surface area contributed by atoms with Crippen LogP contribution in [0.4, 0.5) is 5.69 Å². The zero-order chi connectivity index (χ0) is 20.1. The van der Waals surface area contributed by atoms with Gasteiger partial charge in [-0.25, -0.2) is 4.79 Å². The van der Waals surface area contributed by atoms with Crippen LogP contribution in [0.25, 0.3) is 0 Å². The van der Waals surface area contributed by atoms with Crippen molar-refractivity contribution < 1.29 is 23.8 Å². The number of rotatable bonds is 6. The lowest BCUT2D eigenvalue weighted by molar-refractivity contribution is -0.121. The molecule has 0 aromatic heterocycles. The fraction of sp³-hybridized carbons (Fsp3) is 0.333. The minimum atomic E-state index is -0.581. The molecule has 2 aromatic carbocycles. The summed E-state index contributed by atoms with van der Waals surface area (Å²) in [6.07, 6.45) is -0.0186. The van der Waals surface area contributed by atoms with E-state index in [0.717, 1.165) is 16.3 Å². The number of hydrogen-bond donors (Lipinski definition) is 0. The molecule has 0 aliphatic carbocycles. The van der Waals surface area contributed by atoms with Crippen molar-refractivity contribution in [2.75, 3.05) is 30.9 Å². The van der Waals surface area contributed by atoms with Gasteiger partial charge in [-0.15, -0.1) is 11.8 Å². The Morgan fingerprint density at radius 2 is 1.93 bits per heavy atom. The molecule has 28 heavy (non-hydrogen) atoms. The Morgan fingerprint density at radius 3 is 2.68 bits per heavy atom. The molecule has 0 bridgehead atoms. The van der Waals surface area contributed by atoms with Crippen molar-refractivity contribution in [3.63, 3.8) is 0 Å². The molecule has 3 rings (SSSR count). The number of carbonyl (C=O) groups is 2. The monoisotopic (exact) mass is 401 g/mol. The second kappa shape index (κ2) is 9.01. The van der Waals surface area contributed by atoms with Gasteiger partial charge in [-0.1, -0.05) is 12.1 Å². The first-order valence-electron chi connectivity index (χ1n) is 9.03. The van der Waals surface area contributed by atoms with E-state index >= 15 is 0 Å². The van der Waals surface area contributed by atoms with Crippen molar-refractivity contribution in [3.05, 3.63) is 48.0 Å². The Bertz CT molecular complexity index is 868. The maximum Gasteiger partial charge on any atom is 0.338 e. The second-order valence-electron chi connectivity index (χ2n) is 6.47. The summed E-state index contributed by atoms with van der Waals surface area (Å²) in [6, 6.07) is 12.5. The minimum Gasteiger partial charge on any atom is -0.493 e. The van der Waals surface area contributed by atoms with Crippen molar-refractivity contribution in [2.24, 2.45) is 0 Å². The first-order chi connectivity index (χ1) is 13.5. The number of carbonyl (C=O) groups excluding carboxylic acids is 2. The van der Waals surface area contributed by atoms with E-state index in [4.69, 9.17) is 14.2 Å². The summed E-state index contributed by atoms with van der Waals surface area (Å²) in [5.41, 5.74) is 1.16. The van der Waals surface area contributed by atoms with E-state index in [0.29, 0.717) is 23.6 Å². The van der Waals surface area contributed by atoms with Crippen molar-refractivity contribution >= 4 is 29.3 Å². The molecule has 1 heterocycles. The Labute approximate surface area is 168 Å². The number of para-hydroxylation sites is 1. The summed E-state index contributed by atoms with van der Waals surface area (Å²) in [7, 11) is 1.51. The van der Waals surface area contributed by atoms with Gasteiger partial charge in [0.05, 0.1) is 24.5 Å². The van der Waals surface area contributed by atoms with Crippen molar-refractivity contribution in [1.82, 2.24) is 0 Å². The average Bonchev–Trinajstić information content (AvgIpc) is 2.71. The van der Waals surface area contributed by atoms with Gasteiger partial charge in [0.25, 0.3) is 5.91 Å². The summed E-state index contributed by atoms with van der Waals surface area (Å²) >= 11 is 1.71. The van der Waals surface area contributed by atoms with E-state index in [1.807, 2.05) is 38.1 Å². The normalized spacial score (nSPS) is 13.1. The lowest BCUT2D eigenvalue weighted by Crippen LogP contribution is -2.38. The standard InChI is InChI=1S/C21H23NO5S/c1-14(2)27-17-9-8-15(12-18(17)25-3)21(24)26-13-20(23)22-10-11-28-19-7-5-4-6-16(19)22/h4-9,12,14H,10-11,13H2,1-3H3. The molecule has 0 unspecified atom stereocenters. The third kappa shape index (κ3) is 4.59. The molecule has 148 valence electrons. The number of benzene rings is 2. The number of nitrogens with zero attached hydrogens (tertiary/aromatic N) is 1. The number of methoxy groups -OCH3 is 1. The topological polar surface area (TPSA) is 65.1 Å². The van der Waals surface area contributed by atoms with Gasteiger partial charge in [0, 0.05) is 17.2 Å². The highest BCUT2D eigenvalue weighted by Crippen LogP contribution is 2.34. The van der Waals surface area contributed by atoms with Crippen LogP contribution in [0.15, 0.2) is 47.4 Å². The predicted octanol–water partition coefficient (Wildman–Crippen LogP) is 3.78. The molecular weight excluding hydrogens is 378 g/mol. The van der Waals surface area contributed by atoms with Gasteiger partial charge in [-0.2, -0.15) is 0 Å². The van der Waals surface area contributed by atoms with Gasteiger partial charge in [0.2, 0.25) is 0 Å². The van der Waals surface area contributed by atoms with Crippen LogP contribution in [0, 0.1) is 0 Å². The molecule has 0 atom stereocenters. The van der Waals surface area contributed by atoms with Crippen LogP contribution in [-0.2, 0) is 9.53 Å². The summed E-state index contributed by atoms with van der Waals surface area (Å²) in [6.45, 7) is 4.09. The quantitative estimate of drug-likeness (QED) is 0.687. The zero-order valence-corrected chi connectivity index (χ0v) is 17.0. The molecule has 0 N–H and O–H groups in total. The van der Waals surface area contributed by atoms with E-state index in [1.165, 1.54) is 7.11 Å². The maximum atomic E-state index is 12.6. The summed E-state index contributed by atoms with van der Waals surface area (Å²) < 4.78 is 16.2. The number of fused-ring (bicyclic) bond motifs is 1. The average molecular weight is 401 g/mol. The van der Waals surface area contributed by atoms with E-state index in [9.17, 15) is 9.59 Å². The fourth-order valence-corrected chi connectivity index (χ4v) is 3.86. The van der Waals surface area contributed by atoms with Gasteiger partial charge in [-0.3, -0.25) is 4.79 Å². The zero-order valence-electron chi connectivity index (χ0n) is 16.1. The summed E-state index contributed by atoms with van der Waals surface area (Å²) in [5, 5.41) is 0. The molecule has 1 amide bonds. The molecule has 6 nitrogen and oxygen atoms in total. The first kappa shape index (κ1) is 20.1. The molecule has 0 radical (unpaired) electrons. The van der Waals surface area contributed by atoms with Crippen LogP contribution in [0.2, 0.25) is 0 Å². The van der Waals surface area contributed by atoms with E-state index in [-0.39, 0.29) is 18.6 Å². The molecule has 1 aliphatic heterocycles. The largest absolute Gasteiger partial charge is 0.493 e. The van der Waals surface area contributed by atoms with E-state index in [2.05, 4.69) is 0 Å². The van der Waals surface area contributed by atoms with Crippen LogP contribution in [0.5, 0.6) is 11.5 Å². The highest BCUT2D eigenvalue weighted by molar-refractivity contribution is 7.99. The van der Waals surface area contributed by atoms with Gasteiger partial charge < -0.3 is 19.1 Å². The van der Waals surface area contributed by atoms with Crippen LogP contribution in [-0.4, -0.2) is 44.0 Å². The van der Waals surface area contributed by atoms with Crippen molar-refractivity contribution in [2.45, 2.75) is 24.8 Å². The number of hydrogen-bond acceptors (Lipinski definition) is 6. The van der Waals surface area contributed by atoms with Crippen molar-refractivity contribution in [3.8, 4) is 11.5 Å². The number of amides is 1. The lowest BCUT2D eigenvalue weighted by atomic mass is 10.2. The van der Waals surface area contributed by atoms with Gasteiger partial charge >= 0.3 is 5.97 Å². The lowest BCUT2D eigenvalue weighted by Gasteiger charge is -2.28. The third-order valence-electron chi connectivity index (χ3n) is 4.12. The predicted molar refractivity (Wildman–Crippen MR) is 109 cm³/mol. The smallest absolute Gasteiger partial charge is 0.338 e. The molecule has 0 spiro atoms. The van der Waals surface area contributed by atoms with Crippen molar-refractivity contribution in [1.29, 1.82) is 0 Å². The maximum absolute atomic E-state index is 12.6. The minimum absolute atomic E-state index is 0.0186. The number of anilines is 1. The van der Waals surface area contributed by atoms with Gasteiger partial charge in [-0.05, 0) is 44.2 Å². The van der Waals surface area contributed by atoms with Crippen LogP contribution >= 0.6 is 11.8 Å². The highest BCUT2D eigenvalue weighted by Gasteiger charge is 2.24. The third-order valence-corrected chi connectivity index (χ3v) is 5.16. The SMILES string of the molecule is COc1cc(C(=O)OCC(=O)N2CCSc3ccccc32)ccc1OC(C)C.